The molecule has 2 aromatic carbocycles. The van der Waals surface area contributed by atoms with Crippen LogP contribution in [0.3, 0.4) is 0 Å². The maximum Gasteiger partial charge on any atom is 0.339 e. The van der Waals surface area contributed by atoms with Gasteiger partial charge in [-0.1, -0.05) is 19.1 Å². The lowest BCUT2D eigenvalue weighted by molar-refractivity contribution is -0.384. The molecule has 0 spiro atoms. The molecular weight excluding hydrogens is 379 g/mol. The number of non-ortho nitro benzene ring substituents is 1. The second kappa shape index (κ2) is 8.99. The Kier molecular flexibility index (Phi) is 6.72. The molecule has 0 aromatic heterocycles. The van der Waals surface area contributed by atoms with E-state index in [1.165, 1.54) is 12.1 Å². The third-order valence-electron chi connectivity index (χ3n) is 3.38. The zero-order chi connectivity index (χ0) is 20.0. The molecule has 8 nitrogen and oxygen atoms in total. The van der Waals surface area contributed by atoms with E-state index in [1.807, 2.05) is 0 Å². The first-order chi connectivity index (χ1) is 12.8. The van der Waals surface area contributed by atoms with E-state index in [2.05, 4.69) is 5.32 Å². The molecule has 1 N–H and O–H groups in total. The number of nitro groups is 1. The Balaban J connectivity index is 2.04. The number of halogens is 1. The van der Waals surface area contributed by atoms with Gasteiger partial charge in [0.2, 0.25) is 0 Å². The summed E-state index contributed by atoms with van der Waals surface area (Å²) in [6, 6.07) is 8.78. The third kappa shape index (κ3) is 5.17. The van der Waals surface area contributed by atoms with Crippen LogP contribution < -0.4 is 5.32 Å². The van der Waals surface area contributed by atoms with Crippen molar-refractivity contribution in [3.05, 3.63) is 64.0 Å². The summed E-state index contributed by atoms with van der Waals surface area (Å²) < 4.78 is 30.5. The molecule has 0 radical (unpaired) electrons. The van der Waals surface area contributed by atoms with Crippen LogP contribution >= 0.6 is 0 Å². The van der Waals surface area contributed by atoms with Crippen molar-refractivity contribution in [2.24, 2.45) is 0 Å². The molecular formula is C17H15FN2O6S. The molecule has 142 valence electrons. The molecule has 0 aliphatic heterocycles. The predicted molar refractivity (Wildman–Crippen MR) is 95.4 cm³/mol. The molecule has 0 fully saturated rings. The van der Waals surface area contributed by atoms with Crippen molar-refractivity contribution in [1.29, 1.82) is 0 Å². The van der Waals surface area contributed by atoms with Crippen molar-refractivity contribution >= 4 is 34.1 Å². The Bertz CT molecular complexity index is 918. The monoisotopic (exact) mass is 394 g/mol. The van der Waals surface area contributed by atoms with Gasteiger partial charge < -0.3 is 10.1 Å². The van der Waals surface area contributed by atoms with Crippen LogP contribution in [0.4, 0.5) is 15.8 Å². The zero-order valence-electron chi connectivity index (χ0n) is 14.1. The van der Waals surface area contributed by atoms with Crippen LogP contribution in [0.2, 0.25) is 0 Å². The van der Waals surface area contributed by atoms with E-state index in [0.717, 1.165) is 18.2 Å². The summed E-state index contributed by atoms with van der Waals surface area (Å²) in [7, 11) is -1.39. The standard InChI is InChI=1S/C17H15FN2O6S/c1-2-27(25)15-6-4-3-5-12(15)17(22)26-10-16(21)19-14-9-11(20(23)24)7-8-13(14)18/h3-9H,2,10H2,1H3,(H,19,21)/t27-/m1/s1. The van der Waals surface area contributed by atoms with Crippen molar-refractivity contribution in [1.82, 2.24) is 0 Å². The van der Waals surface area contributed by atoms with Crippen molar-refractivity contribution < 1.29 is 27.8 Å². The Labute approximate surface area is 155 Å². The lowest BCUT2D eigenvalue weighted by Crippen LogP contribution is -2.22. The number of esters is 1. The fourth-order valence-corrected chi connectivity index (χ4v) is 3.05. The summed E-state index contributed by atoms with van der Waals surface area (Å²) >= 11 is 0. The minimum absolute atomic E-state index is 0.0620. The van der Waals surface area contributed by atoms with Crippen molar-refractivity contribution in [2.75, 3.05) is 17.7 Å². The van der Waals surface area contributed by atoms with Gasteiger partial charge >= 0.3 is 5.97 Å². The van der Waals surface area contributed by atoms with Gasteiger partial charge in [0, 0.05) is 17.9 Å². The van der Waals surface area contributed by atoms with E-state index in [-0.39, 0.29) is 10.5 Å². The highest BCUT2D eigenvalue weighted by Gasteiger charge is 2.18. The molecule has 1 atom stereocenters. The number of hydrogen-bond acceptors (Lipinski definition) is 6. The Morgan fingerprint density at radius 2 is 1.96 bits per heavy atom. The average Bonchev–Trinajstić information content (AvgIpc) is 2.67. The second-order valence-electron chi connectivity index (χ2n) is 5.18. The van der Waals surface area contributed by atoms with Crippen molar-refractivity contribution in [3.63, 3.8) is 0 Å². The topological polar surface area (TPSA) is 116 Å². The van der Waals surface area contributed by atoms with E-state index in [1.54, 1.807) is 19.1 Å². The SMILES string of the molecule is CC[S@@](=O)c1ccccc1C(=O)OCC(=O)Nc1cc([N+](=O)[O-])ccc1F. The Morgan fingerprint density at radius 1 is 1.26 bits per heavy atom. The van der Waals surface area contributed by atoms with E-state index in [0.29, 0.717) is 5.75 Å². The molecule has 27 heavy (non-hydrogen) atoms. The number of hydrogen-bond donors (Lipinski definition) is 1. The zero-order valence-corrected chi connectivity index (χ0v) is 15.0. The van der Waals surface area contributed by atoms with Gasteiger partial charge in [0.15, 0.2) is 6.61 Å². The maximum atomic E-state index is 13.7. The maximum absolute atomic E-state index is 13.7. The number of ether oxygens (including phenoxy) is 1. The molecule has 0 bridgehead atoms. The van der Waals surface area contributed by atoms with Gasteiger partial charge in [0.25, 0.3) is 11.6 Å². The molecule has 0 saturated heterocycles. The van der Waals surface area contributed by atoms with E-state index >= 15 is 0 Å². The molecule has 0 aliphatic rings. The Hall–Kier alpha value is -3.14. The summed E-state index contributed by atoms with van der Waals surface area (Å²) in [6.07, 6.45) is 0. The molecule has 2 rings (SSSR count). The fraction of sp³-hybridized carbons (Fsp3) is 0.176. The van der Waals surface area contributed by atoms with Crippen molar-refractivity contribution in [2.45, 2.75) is 11.8 Å². The number of benzene rings is 2. The quantitative estimate of drug-likeness (QED) is 0.438. The minimum Gasteiger partial charge on any atom is -0.452 e. The summed E-state index contributed by atoms with van der Waals surface area (Å²) in [4.78, 5) is 34.3. The number of anilines is 1. The molecule has 2 aromatic rings. The van der Waals surface area contributed by atoms with Gasteiger partial charge in [-0.15, -0.1) is 0 Å². The number of rotatable bonds is 7. The third-order valence-corrected chi connectivity index (χ3v) is 4.75. The van der Waals surface area contributed by atoms with Crippen LogP contribution in [0.1, 0.15) is 17.3 Å². The van der Waals surface area contributed by atoms with E-state index in [4.69, 9.17) is 4.74 Å². The minimum atomic E-state index is -1.39. The lowest BCUT2D eigenvalue weighted by Gasteiger charge is -2.09. The summed E-state index contributed by atoms with van der Waals surface area (Å²) in [5.74, 6) is -2.31. The number of amides is 1. The second-order valence-corrected chi connectivity index (χ2v) is 6.88. The molecule has 0 saturated carbocycles. The number of carbonyl (C=O) groups excluding carboxylic acids is 2. The van der Waals surface area contributed by atoms with Gasteiger partial charge in [-0.25, -0.2) is 9.18 Å². The Morgan fingerprint density at radius 3 is 2.63 bits per heavy atom. The lowest BCUT2D eigenvalue weighted by atomic mass is 10.2. The first-order valence-corrected chi connectivity index (χ1v) is 9.03. The average molecular weight is 394 g/mol. The summed E-state index contributed by atoms with van der Waals surface area (Å²) in [5, 5.41) is 12.8. The number of nitrogens with one attached hydrogen (secondary N) is 1. The number of carbonyl (C=O) groups is 2. The van der Waals surface area contributed by atoms with Gasteiger partial charge in [0.1, 0.15) is 5.82 Å². The van der Waals surface area contributed by atoms with E-state index < -0.39 is 51.4 Å². The van der Waals surface area contributed by atoms with E-state index in [9.17, 15) is 28.3 Å². The van der Waals surface area contributed by atoms with Crippen molar-refractivity contribution in [3.8, 4) is 0 Å². The molecule has 1 amide bonds. The highest BCUT2D eigenvalue weighted by Crippen LogP contribution is 2.21. The van der Waals surface area contributed by atoms with Gasteiger partial charge in [-0.05, 0) is 18.2 Å². The number of nitrogens with zero attached hydrogens (tertiary/aromatic N) is 1. The smallest absolute Gasteiger partial charge is 0.339 e. The first-order valence-electron chi connectivity index (χ1n) is 7.71. The summed E-state index contributed by atoms with van der Waals surface area (Å²) in [5.41, 5.74) is -0.746. The largest absolute Gasteiger partial charge is 0.452 e. The predicted octanol–water partition coefficient (Wildman–Crippen LogP) is 2.66. The normalized spacial score (nSPS) is 11.5. The molecule has 10 heteroatoms. The van der Waals surface area contributed by atoms with Gasteiger partial charge in [0.05, 0.1) is 31.9 Å². The first kappa shape index (κ1) is 20.2. The highest BCUT2D eigenvalue weighted by atomic mass is 32.2. The number of nitro benzene ring substituents is 1. The van der Waals surface area contributed by atoms with Crippen LogP contribution in [0.25, 0.3) is 0 Å². The molecule has 0 aliphatic carbocycles. The fourth-order valence-electron chi connectivity index (χ4n) is 2.11. The molecule has 0 unspecified atom stereocenters. The highest BCUT2D eigenvalue weighted by molar-refractivity contribution is 7.85. The van der Waals surface area contributed by atoms with Crippen LogP contribution in [-0.4, -0.2) is 33.4 Å². The molecule has 0 heterocycles. The van der Waals surface area contributed by atoms with Gasteiger partial charge in [-0.3, -0.25) is 19.1 Å². The van der Waals surface area contributed by atoms with Crippen LogP contribution in [-0.2, 0) is 20.3 Å². The van der Waals surface area contributed by atoms with Gasteiger partial charge in [-0.2, -0.15) is 0 Å². The van der Waals surface area contributed by atoms with Crippen LogP contribution in [0.5, 0.6) is 0 Å². The van der Waals surface area contributed by atoms with Crippen LogP contribution in [0, 0.1) is 15.9 Å². The van der Waals surface area contributed by atoms with Crippen LogP contribution in [0.15, 0.2) is 47.4 Å². The summed E-state index contributed by atoms with van der Waals surface area (Å²) in [6.45, 7) is 0.952.